The van der Waals surface area contributed by atoms with Gasteiger partial charge < -0.3 is 5.32 Å². The van der Waals surface area contributed by atoms with E-state index in [4.69, 9.17) is 6.42 Å². The van der Waals surface area contributed by atoms with Crippen molar-refractivity contribution in [1.82, 2.24) is 0 Å². The third-order valence-electron chi connectivity index (χ3n) is 1.73. The lowest BCUT2D eigenvalue weighted by atomic mass is 10.2. The fourth-order valence-electron chi connectivity index (χ4n) is 1.08. The lowest BCUT2D eigenvalue weighted by Crippen LogP contribution is -2.09. The Kier molecular flexibility index (Phi) is 4.56. The molecule has 0 radical (unpaired) electrons. The van der Waals surface area contributed by atoms with E-state index in [9.17, 15) is 13.2 Å². The molecule has 0 amide bonds. The molecule has 0 aliphatic carbocycles. The molecule has 0 unspecified atom stereocenters. The molecule has 0 bridgehead atoms. The number of hydrogen-bond donors (Lipinski definition) is 1. The van der Waals surface area contributed by atoms with E-state index in [0.717, 1.165) is 5.69 Å². The summed E-state index contributed by atoms with van der Waals surface area (Å²) in [5, 5.41) is 2.88. The predicted molar refractivity (Wildman–Crippen MR) is 61.4 cm³/mol. The Morgan fingerprint density at radius 3 is 2.75 bits per heavy atom. The number of benzene rings is 1. The molecule has 0 aliphatic heterocycles. The van der Waals surface area contributed by atoms with Gasteiger partial charge >= 0.3 is 5.51 Å². The Hall–Kier alpha value is -1.28. The molecule has 0 fully saturated rings. The summed E-state index contributed by atoms with van der Waals surface area (Å²) < 4.78 is 35.4. The molecule has 1 nitrogen and oxygen atoms in total. The van der Waals surface area contributed by atoms with Gasteiger partial charge in [-0.1, -0.05) is 12.0 Å². The van der Waals surface area contributed by atoms with Crippen LogP contribution in [0.5, 0.6) is 0 Å². The first-order valence-electron chi connectivity index (χ1n) is 4.52. The number of terminal acetylenes is 1. The molecule has 0 spiro atoms. The van der Waals surface area contributed by atoms with Crippen molar-refractivity contribution in [3.8, 4) is 12.3 Å². The Labute approximate surface area is 96.4 Å². The van der Waals surface area contributed by atoms with Crippen LogP contribution in [0.25, 0.3) is 0 Å². The van der Waals surface area contributed by atoms with Crippen LogP contribution < -0.4 is 5.32 Å². The second kappa shape index (κ2) is 5.71. The van der Waals surface area contributed by atoms with Crippen LogP contribution >= 0.6 is 11.8 Å². The molecule has 1 aromatic carbocycles. The molecule has 86 valence electrons. The number of halogens is 3. The largest absolute Gasteiger partial charge is 0.441 e. The molecule has 0 aromatic heterocycles. The lowest BCUT2D eigenvalue weighted by Gasteiger charge is -2.08. The maximum absolute atomic E-state index is 11.8. The van der Waals surface area contributed by atoms with Crippen molar-refractivity contribution in [2.75, 3.05) is 17.6 Å². The standard InChI is InChI=1S/C11H10F3NS/c1-2-9-4-3-5-10(8-9)15-6-7-16-11(12,13)14/h1,3-5,8,15H,6-7H2. The van der Waals surface area contributed by atoms with Crippen LogP contribution in [0.1, 0.15) is 5.56 Å². The molecule has 1 aromatic rings. The minimum atomic E-state index is -4.16. The summed E-state index contributed by atoms with van der Waals surface area (Å²) in [4.78, 5) is 0. The highest BCUT2D eigenvalue weighted by atomic mass is 32.2. The third kappa shape index (κ3) is 4.99. The summed E-state index contributed by atoms with van der Waals surface area (Å²) in [6.07, 6.45) is 5.20. The minimum absolute atomic E-state index is 0.0240. The Bertz CT molecular complexity index is 382. The highest BCUT2D eigenvalue weighted by molar-refractivity contribution is 8.00. The molecule has 0 aliphatic rings. The second-order valence-corrected chi connectivity index (χ2v) is 4.11. The van der Waals surface area contributed by atoms with Gasteiger partial charge in [0.25, 0.3) is 0 Å². The number of alkyl halides is 3. The second-order valence-electron chi connectivity index (χ2n) is 2.95. The zero-order valence-electron chi connectivity index (χ0n) is 8.34. The van der Waals surface area contributed by atoms with Crippen LogP contribution in [-0.4, -0.2) is 17.8 Å². The van der Waals surface area contributed by atoms with Crippen molar-refractivity contribution >= 4 is 17.4 Å². The topological polar surface area (TPSA) is 12.0 Å². The zero-order chi connectivity index (χ0) is 12.0. The van der Waals surface area contributed by atoms with E-state index in [-0.39, 0.29) is 24.1 Å². The molecule has 0 saturated carbocycles. The molecule has 5 heteroatoms. The van der Waals surface area contributed by atoms with Crippen molar-refractivity contribution in [2.24, 2.45) is 0 Å². The van der Waals surface area contributed by atoms with Crippen LogP contribution in [0.3, 0.4) is 0 Å². The van der Waals surface area contributed by atoms with Gasteiger partial charge in [0.2, 0.25) is 0 Å². The van der Waals surface area contributed by atoms with E-state index >= 15 is 0 Å². The Morgan fingerprint density at radius 1 is 1.38 bits per heavy atom. The maximum atomic E-state index is 11.8. The van der Waals surface area contributed by atoms with Gasteiger partial charge in [0.15, 0.2) is 0 Å². The molecule has 16 heavy (non-hydrogen) atoms. The Morgan fingerprint density at radius 2 is 2.12 bits per heavy atom. The van der Waals surface area contributed by atoms with E-state index in [2.05, 4.69) is 11.2 Å². The van der Waals surface area contributed by atoms with Gasteiger partial charge in [-0.25, -0.2) is 0 Å². The molecular formula is C11H10F3NS. The summed E-state index contributed by atoms with van der Waals surface area (Å²) >= 11 is -0.0400. The minimum Gasteiger partial charge on any atom is -0.384 e. The van der Waals surface area contributed by atoms with E-state index in [1.54, 1.807) is 24.3 Å². The van der Waals surface area contributed by atoms with Crippen molar-refractivity contribution in [3.05, 3.63) is 29.8 Å². The Balaban J connectivity index is 2.35. The predicted octanol–water partition coefficient (Wildman–Crippen LogP) is 3.33. The normalized spacial score (nSPS) is 10.9. The smallest absolute Gasteiger partial charge is 0.384 e. The fourth-order valence-corrected chi connectivity index (χ4v) is 1.52. The number of thioether (sulfide) groups is 1. The lowest BCUT2D eigenvalue weighted by molar-refractivity contribution is -0.0327. The highest BCUT2D eigenvalue weighted by Crippen LogP contribution is 2.29. The number of rotatable bonds is 4. The summed E-state index contributed by atoms with van der Waals surface area (Å²) in [7, 11) is 0. The van der Waals surface area contributed by atoms with Gasteiger partial charge in [-0.05, 0) is 30.0 Å². The average Bonchev–Trinajstić information content (AvgIpc) is 2.23. The van der Waals surface area contributed by atoms with E-state index in [1.165, 1.54) is 0 Å². The van der Waals surface area contributed by atoms with Crippen LogP contribution in [0.15, 0.2) is 24.3 Å². The van der Waals surface area contributed by atoms with Gasteiger partial charge in [-0.15, -0.1) is 6.42 Å². The highest BCUT2D eigenvalue weighted by Gasteiger charge is 2.27. The van der Waals surface area contributed by atoms with Gasteiger partial charge in [-0.2, -0.15) is 13.2 Å². The zero-order valence-corrected chi connectivity index (χ0v) is 9.16. The van der Waals surface area contributed by atoms with Crippen molar-refractivity contribution in [3.63, 3.8) is 0 Å². The molecule has 0 saturated heterocycles. The average molecular weight is 245 g/mol. The van der Waals surface area contributed by atoms with Gasteiger partial charge in [0, 0.05) is 23.5 Å². The van der Waals surface area contributed by atoms with Crippen LogP contribution in [0.4, 0.5) is 18.9 Å². The first-order valence-corrected chi connectivity index (χ1v) is 5.51. The molecule has 0 atom stereocenters. The molecule has 0 heterocycles. The quantitative estimate of drug-likeness (QED) is 0.645. The summed E-state index contributed by atoms with van der Waals surface area (Å²) in [5.74, 6) is 2.43. The SMILES string of the molecule is C#Cc1cccc(NCCSC(F)(F)F)c1. The van der Waals surface area contributed by atoms with E-state index in [1.807, 2.05) is 0 Å². The number of hydrogen-bond acceptors (Lipinski definition) is 2. The summed E-state index contributed by atoms with van der Waals surface area (Å²) in [6, 6.07) is 7.00. The summed E-state index contributed by atoms with van der Waals surface area (Å²) in [6.45, 7) is 0.248. The van der Waals surface area contributed by atoms with E-state index < -0.39 is 5.51 Å². The maximum Gasteiger partial charge on any atom is 0.441 e. The first kappa shape index (κ1) is 12.8. The molecule has 1 N–H and O–H groups in total. The number of anilines is 1. The number of nitrogens with one attached hydrogen (secondary N) is 1. The third-order valence-corrected chi connectivity index (χ3v) is 2.46. The van der Waals surface area contributed by atoms with Crippen LogP contribution in [0.2, 0.25) is 0 Å². The fraction of sp³-hybridized carbons (Fsp3) is 0.273. The van der Waals surface area contributed by atoms with Crippen molar-refractivity contribution in [2.45, 2.75) is 5.51 Å². The van der Waals surface area contributed by atoms with Gasteiger partial charge in [-0.3, -0.25) is 0 Å². The van der Waals surface area contributed by atoms with Crippen molar-refractivity contribution < 1.29 is 13.2 Å². The molecular weight excluding hydrogens is 235 g/mol. The van der Waals surface area contributed by atoms with Crippen molar-refractivity contribution in [1.29, 1.82) is 0 Å². The summed E-state index contributed by atoms with van der Waals surface area (Å²) in [5.41, 5.74) is -2.73. The van der Waals surface area contributed by atoms with Gasteiger partial charge in [0.05, 0.1) is 0 Å². The van der Waals surface area contributed by atoms with Crippen LogP contribution in [0, 0.1) is 12.3 Å². The van der Waals surface area contributed by atoms with E-state index in [0.29, 0.717) is 5.56 Å². The molecule has 1 rings (SSSR count). The monoisotopic (exact) mass is 245 g/mol. The first-order chi connectivity index (χ1) is 7.51. The van der Waals surface area contributed by atoms with Gasteiger partial charge in [0.1, 0.15) is 0 Å². The van der Waals surface area contributed by atoms with Crippen LogP contribution in [-0.2, 0) is 0 Å².